The van der Waals surface area contributed by atoms with E-state index < -0.39 is 0 Å². The van der Waals surface area contributed by atoms with Crippen LogP contribution < -0.4 is 0 Å². The molecule has 1 saturated carbocycles. The van der Waals surface area contributed by atoms with E-state index in [0.29, 0.717) is 18.4 Å². The minimum atomic E-state index is -0.380. The van der Waals surface area contributed by atoms with E-state index in [9.17, 15) is 9.59 Å². The monoisotopic (exact) mass is 208 g/mol. The molecule has 2 aliphatic carbocycles. The summed E-state index contributed by atoms with van der Waals surface area (Å²) in [7, 11) is 0. The van der Waals surface area contributed by atoms with Crippen LogP contribution in [0.15, 0.2) is 12.2 Å². The Kier molecular flexibility index (Phi) is 2.89. The van der Waals surface area contributed by atoms with Gasteiger partial charge in [-0.15, -0.1) is 0 Å². The minimum absolute atomic E-state index is 0.0461. The number of carbonyl (C=O) groups is 2. The number of hydrogen-bond donors (Lipinski definition) is 0. The highest BCUT2D eigenvalue weighted by molar-refractivity contribution is 5.97. The van der Waals surface area contributed by atoms with Gasteiger partial charge in [-0.3, -0.25) is 9.59 Å². The van der Waals surface area contributed by atoms with Crippen LogP contribution in [0.1, 0.15) is 26.2 Å². The van der Waals surface area contributed by atoms with E-state index in [1.807, 2.05) is 0 Å². The molecule has 0 aromatic rings. The summed E-state index contributed by atoms with van der Waals surface area (Å²) in [5.41, 5.74) is 0. The Bertz CT molecular complexity index is 306. The van der Waals surface area contributed by atoms with Crippen LogP contribution in [0, 0.1) is 17.8 Å². The van der Waals surface area contributed by atoms with Crippen molar-refractivity contribution in [1.82, 2.24) is 0 Å². The average molecular weight is 208 g/mol. The van der Waals surface area contributed by atoms with Crippen LogP contribution in [-0.4, -0.2) is 18.4 Å². The summed E-state index contributed by atoms with van der Waals surface area (Å²) >= 11 is 0. The van der Waals surface area contributed by atoms with E-state index in [1.165, 1.54) is 0 Å². The van der Waals surface area contributed by atoms with E-state index in [-0.39, 0.29) is 24.1 Å². The predicted molar refractivity (Wildman–Crippen MR) is 55.1 cm³/mol. The lowest BCUT2D eigenvalue weighted by molar-refractivity contribution is -0.146. The highest BCUT2D eigenvalue weighted by Crippen LogP contribution is 2.44. The zero-order chi connectivity index (χ0) is 10.8. The number of hydrogen-bond acceptors (Lipinski definition) is 3. The molecule has 0 saturated heterocycles. The van der Waals surface area contributed by atoms with Gasteiger partial charge in [-0.2, -0.15) is 0 Å². The van der Waals surface area contributed by atoms with Crippen LogP contribution in [0.5, 0.6) is 0 Å². The molecule has 0 aromatic heterocycles. The summed E-state index contributed by atoms with van der Waals surface area (Å²) in [6, 6.07) is 0. The lowest BCUT2D eigenvalue weighted by Crippen LogP contribution is -2.22. The van der Waals surface area contributed by atoms with Crippen molar-refractivity contribution < 1.29 is 14.3 Å². The molecule has 3 atom stereocenters. The number of ketones is 1. The molecule has 0 aromatic carbocycles. The van der Waals surface area contributed by atoms with Crippen molar-refractivity contribution in [3.63, 3.8) is 0 Å². The Morgan fingerprint density at radius 2 is 2.13 bits per heavy atom. The van der Waals surface area contributed by atoms with Gasteiger partial charge in [-0.1, -0.05) is 12.2 Å². The van der Waals surface area contributed by atoms with Crippen LogP contribution in [-0.2, 0) is 14.3 Å². The Morgan fingerprint density at radius 1 is 1.33 bits per heavy atom. The summed E-state index contributed by atoms with van der Waals surface area (Å²) in [5, 5.41) is 0. The molecule has 0 N–H and O–H groups in total. The molecule has 0 unspecified atom stereocenters. The molecule has 2 bridgehead atoms. The Morgan fingerprint density at radius 3 is 2.67 bits per heavy atom. The lowest BCUT2D eigenvalue weighted by atomic mass is 9.88. The first kappa shape index (κ1) is 10.4. The van der Waals surface area contributed by atoms with Crippen molar-refractivity contribution in [3.8, 4) is 0 Å². The number of ether oxygens (including phenoxy) is 1. The van der Waals surface area contributed by atoms with Crippen molar-refractivity contribution in [2.75, 3.05) is 6.61 Å². The zero-order valence-electron chi connectivity index (χ0n) is 8.94. The smallest absolute Gasteiger partial charge is 0.313 e. The molecular formula is C12H16O3. The van der Waals surface area contributed by atoms with E-state index in [0.717, 1.165) is 12.8 Å². The lowest BCUT2D eigenvalue weighted by Gasteiger charge is -2.15. The molecule has 0 spiro atoms. The molecule has 3 heteroatoms. The number of allylic oxidation sites excluding steroid dienone is 2. The van der Waals surface area contributed by atoms with Crippen LogP contribution in [0.2, 0.25) is 0 Å². The summed E-state index contributed by atoms with van der Waals surface area (Å²) in [5.74, 6) is 0.715. The third kappa shape index (κ3) is 2.11. The quantitative estimate of drug-likeness (QED) is 0.401. The fraction of sp³-hybridized carbons (Fsp3) is 0.667. The van der Waals surface area contributed by atoms with E-state index in [4.69, 9.17) is 4.74 Å². The highest BCUT2D eigenvalue weighted by atomic mass is 16.5. The maximum Gasteiger partial charge on any atom is 0.313 e. The topological polar surface area (TPSA) is 43.4 Å². The minimum Gasteiger partial charge on any atom is -0.466 e. The summed E-state index contributed by atoms with van der Waals surface area (Å²) in [6.45, 7) is 2.10. The largest absolute Gasteiger partial charge is 0.466 e. The van der Waals surface area contributed by atoms with Gasteiger partial charge in [-0.05, 0) is 31.6 Å². The number of carbonyl (C=O) groups excluding carboxylic acids is 2. The molecule has 2 rings (SSSR count). The van der Waals surface area contributed by atoms with Gasteiger partial charge in [0.25, 0.3) is 0 Å². The second-order valence-corrected chi connectivity index (χ2v) is 4.33. The molecular weight excluding hydrogens is 192 g/mol. The van der Waals surface area contributed by atoms with Crippen molar-refractivity contribution in [3.05, 3.63) is 12.2 Å². The second kappa shape index (κ2) is 4.17. The second-order valence-electron chi connectivity index (χ2n) is 4.33. The van der Waals surface area contributed by atoms with Crippen molar-refractivity contribution in [1.29, 1.82) is 0 Å². The third-order valence-electron chi connectivity index (χ3n) is 3.32. The third-order valence-corrected chi connectivity index (χ3v) is 3.32. The van der Waals surface area contributed by atoms with Crippen LogP contribution >= 0.6 is 0 Å². The fourth-order valence-electron chi connectivity index (χ4n) is 2.64. The van der Waals surface area contributed by atoms with Crippen molar-refractivity contribution >= 4 is 11.8 Å². The first-order valence-corrected chi connectivity index (χ1v) is 5.57. The number of rotatable bonds is 4. The first-order valence-electron chi connectivity index (χ1n) is 5.57. The van der Waals surface area contributed by atoms with Crippen molar-refractivity contribution in [2.24, 2.45) is 17.8 Å². The van der Waals surface area contributed by atoms with Gasteiger partial charge in [0.1, 0.15) is 12.2 Å². The average Bonchev–Trinajstić information content (AvgIpc) is 2.78. The van der Waals surface area contributed by atoms with Crippen LogP contribution in [0.25, 0.3) is 0 Å². The molecule has 15 heavy (non-hydrogen) atoms. The van der Waals surface area contributed by atoms with E-state index in [1.54, 1.807) is 6.92 Å². The van der Waals surface area contributed by atoms with Crippen molar-refractivity contribution in [2.45, 2.75) is 26.2 Å². The normalized spacial score (nSPS) is 31.9. The van der Waals surface area contributed by atoms with Crippen LogP contribution in [0.4, 0.5) is 0 Å². The number of Topliss-reactive ketones (excluding diaryl/α,β-unsaturated/α-hetero) is 1. The predicted octanol–water partition coefficient (Wildman–Crippen LogP) is 1.72. The maximum absolute atomic E-state index is 11.8. The fourth-order valence-corrected chi connectivity index (χ4v) is 2.64. The summed E-state index contributed by atoms with van der Waals surface area (Å²) < 4.78 is 4.77. The molecule has 2 aliphatic rings. The summed E-state index contributed by atoms with van der Waals surface area (Å²) in [4.78, 5) is 22.9. The van der Waals surface area contributed by atoms with Gasteiger partial charge in [-0.25, -0.2) is 0 Å². The maximum atomic E-state index is 11.8. The Balaban J connectivity index is 1.87. The molecule has 0 amide bonds. The van der Waals surface area contributed by atoms with Gasteiger partial charge in [0.15, 0.2) is 0 Å². The summed E-state index contributed by atoms with van der Waals surface area (Å²) in [6.07, 6.45) is 6.30. The van der Waals surface area contributed by atoms with Gasteiger partial charge in [0.05, 0.1) is 6.61 Å². The molecule has 0 radical (unpaired) electrons. The number of esters is 1. The van der Waals surface area contributed by atoms with Crippen LogP contribution in [0.3, 0.4) is 0 Å². The molecule has 82 valence electrons. The van der Waals surface area contributed by atoms with Gasteiger partial charge >= 0.3 is 5.97 Å². The van der Waals surface area contributed by atoms with E-state index >= 15 is 0 Å². The SMILES string of the molecule is CCOC(=O)CC(=O)[C@H]1C[C@@H]2C=C[C@H]1C2. The zero-order valence-corrected chi connectivity index (χ0v) is 8.94. The van der Waals surface area contributed by atoms with E-state index in [2.05, 4.69) is 12.2 Å². The van der Waals surface area contributed by atoms with Gasteiger partial charge in [0.2, 0.25) is 0 Å². The molecule has 3 nitrogen and oxygen atoms in total. The Labute approximate surface area is 89.5 Å². The van der Waals surface area contributed by atoms with Gasteiger partial charge in [0, 0.05) is 5.92 Å². The molecule has 0 aliphatic heterocycles. The van der Waals surface area contributed by atoms with Gasteiger partial charge < -0.3 is 4.74 Å². The molecule has 0 heterocycles. The number of fused-ring (bicyclic) bond motifs is 2. The highest BCUT2D eigenvalue weighted by Gasteiger charge is 2.39. The Hall–Kier alpha value is -1.12. The standard InChI is InChI=1S/C12H16O3/c1-2-15-12(14)7-11(13)10-6-8-3-4-9(10)5-8/h3-4,8-10H,2,5-7H2,1H3/t8-,9+,10+/m1/s1. The first-order chi connectivity index (χ1) is 7.20. The molecule has 1 fully saturated rings.